The fourth-order valence-corrected chi connectivity index (χ4v) is 1.65. The fraction of sp³-hybridized carbons (Fsp3) is 0.143. The van der Waals surface area contributed by atoms with E-state index in [1.165, 1.54) is 7.11 Å². The first kappa shape index (κ1) is 13.0. The van der Waals surface area contributed by atoms with Crippen molar-refractivity contribution in [1.29, 1.82) is 0 Å². The number of hydrogen-bond donors (Lipinski definition) is 2. The predicted molar refractivity (Wildman–Crippen MR) is 72.2 cm³/mol. The lowest BCUT2D eigenvalue weighted by atomic mass is 10.1. The van der Waals surface area contributed by atoms with Gasteiger partial charge < -0.3 is 4.74 Å². The van der Waals surface area contributed by atoms with E-state index in [2.05, 4.69) is 15.8 Å². The van der Waals surface area contributed by atoms with E-state index in [-0.39, 0.29) is 5.91 Å². The predicted octanol–water partition coefficient (Wildman–Crippen LogP) is 1.91. The number of anilines is 1. The molecule has 2 N–H and O–H groups in total. The van der Waals surface area contributed by atoms with Crippen molar-refractivity contribution < 1.29 is 9.53 Å². The molecule has 0 aliphatic carbocycles. The van der Waals surface area contributed by atoms with Gasteiger partial charge in [0, 0.05) is 13.3 Å². The number of nitrogens with one attached hydrogen (secondary N) is 2. The number of methoxy groups -OCH3 is 1. The summed E-state index contributed by atoms with van der Waals surface area (Å²) < 4.78 is 5.21. The third-order valence-corrected chi connectivity index (χ3v) is 2.55. The van der Waals surface area contributed by atoms with Crippen molar-refractivity contribution in [3.05, 3.63) is 60.3 Å². The Hall–Kier alpha value is -2.40. The normalized spacial score (nSPS) is 11.6. The lowest BCUT2D eigenvalue weighted by molar-refractivity contribution is -0.130. The number of rotatable bonds is 5. The van der Waals surface area contributed by atoms with Crippen LogP contribution in [-0.4, -0.2) is 18.0 Å². The third kappa shape index (κ3) is 3.53. The Morgan fingerprint density at radius 3 is 2.53 bits per heavy atom. The van der Waals surface area contributed by atoms with E-state index < -0.39 is 6.10 Å². The zero-order valence-electron chi connectivity index (χ0n) is 10.5. The number of amides is 1. The largest absolute Gasteiger partial charge is 0.367 e. The number of carbonyl (C=O) groups is 1. The Morgan fingerprint density at radius 2 is 1.89 bits per heavy atom. The molecule has 1 aromatic carbocycles. The van der Waals surface area contributed by atoms with Crippen LogP contribution in [0.1, 0.15) is 11.7 Å². The average Bonchev–Trinajstić information content (AvgIpc) is 2.48. The quantitative estimate of drug-likeness (QED) is 0.803. The van der Waals surface area contributed by atoms with Gasteiger partial charge in [-0.25, -0.2) is 4.98 Å². The summed E-state index contributed by atoms with van der Waals surface area (Å²) in [7, 11) is 1.50. The zero-order chi connectivity index (χ0) is 13.5. The number of benzene rings is 1. The molecule has 0 saturated heterocycles. The number of hydrogen-bond acceptors (Lipinski definition) is 4. The van der Waals surface area contributed by atoms with Crippen LogP contribution in [0.2, 0.25) is 0 Å². The molecule has 0 aliphatic rings. The van der Waals surface area contributed by atoms with Crippen LogP contribution in [-0.2, 0) is 9.53 Å². The molecule has 5 heteroatoms. The fourth-order valence-electron chi connectivity index (χ4n) is 1.65. The molecule has 98 valence electrons. The first-order valence-corrected chi connectivity index (χ1v) is 5.86. The summed E-state index contributed by atoms with van der Waals surface area (Å²) in [6.07, 6.45) is 0.983. The van der Waals surface area contributed by atoms with E-state index in [0.29, 0.717) is 5.82 Å². The van der Waals surface area contributed by atoms with Crippen molar-refractivity contribution >= 4 is 11.7 Å². The maximum atomic E-state index is 12.0. The van der Waals surface area contributed by atoms with Crippen molar-refractivity contribution in [1.82, 2.24) is 10.4 Å². The highest BCUT2D eigenvalue weighted by molar-refractivity contribution is 5.83. The SMILES string of the molecule is COC(C(=O)NNc1ccccn1)c1ccccc1. The molecule has 0 fully saturated rings. The Morgan fingerprint density at radius 1 is 1.16 bits per heavy atom. The van der Waals surface area contributed by atoms with Gasteiger partial charge in [0.15, 0.2) is 6.10 Å². The third-order valence-electron chi connectivity index (χ3n) is 2.55. The number of hydrazine groups is 1. The molecule has 2 rings (SSSR count). The molecule has 0 aliphatic heterocycles. The van der Waals surface area contributed by atoms with Gasteiger partial charge in [-0.3, -0.25) is 15.6 Å². The molecule has 0 bridgehead atoms. The summed E-state index contributed by atoms with van der Waals surface area (Å²) in [5.41, 5.74) is 6.11. The van der Waals surface area contributed by atoms with Gasteiger partial charge in [0.05, 0.1) is 0 Å². The molecular weight excluding hydrogens is 242 g/mol. The smallest absolute Gasteiger partial charge is 0.272 e. The molecule has 5 nitrogen and oxygen atoms in total. The maximum Gasteiger partial charge on any atom is 0.272 e. The Balaban J connectivity index is 1.98. The summed E-state index contributed by atoms with van der Waals surface area (Å²) in [5.74, 6) is 0.290. The average molecular weight is 257 g/mol. The second-order valence-electron chi connectivity index (χ2n) is 3.86. The number of pyridine rings is 1. The second-order valence-corrected chi connectivity index (χ2v) is 3.86. The summed E-state index contributed by atoms with van der Waals surface area (Å²) >= 11 is 0. The molecule has 0 spiro atoms. The summed E-state index contributed by atoms with van der Waals surface area (Å²) in [6, 6.07) is 14.7. The first-order valence-electron chi connectivity index (χ1n) is 5.86. The lowest BCUT2D eigenvalue weighted by Crippen LogP contribution is -2.35. The molecule has 2 aromatic rings. The molecule has 19 heavy (non-hydrogen) atoms. The van der Waals surface area contributed by atoms with E-state index in [0.717, 1.165) is 5.56 Å². The second kappa shape index (κ2) is 6.51. The highest BCUT2D eigenvalue weighted by Crippen LogP contribution is 2.16. The van der Waals surface area contributed by atoms with Crippen molar-refractivity contribution in [3.8, 4) is 0 Å². The van der Waals surface area contributed by atoms with Crippen LogP contribution in [0.25, 0.3) is 0 Å². The standard InChI is InChI=1S/C14H15N3O2/c1-19-13(11-7-3-2-4-8-11)14(18)17-16-12-9-5-6-10-15-12/h2-10,13H,1H3,(H,15,16)(H,17,18). The van der Waals surface area contributed by atoms with Gasteiger partial charge in [-0.1, -0.05) is 36.4 Å². The van der Waals surface area contributed by atoms with E-state index in [1.54, 1.807) is 18.3 Å². The van der Waals surface area contributed by atoms with Gasteiger partial charge >= 0.3 is 0 Å². The molecule has 1 heterocycles. The number of aromatic nitrogens is 1. The van der Waals surface area contributed by atoms with Crippen molar-refractivity contribution in [2.45, 2.75) is 6.10 Å². The molecule has 1 amide bonds. The van der Waals surface area contributed by atoms with Gasteiger partial charge in [0.25, 0.3) is 5.91 Å². The summed E-state index contributed by atoms with van der Waals surface area (Å²) in [4.78, 5) is 16.1. The van der Waals surface area contributed by atoms with Gasteiger partial charge in [-0.15, -0.1) is 0 Å². The zero-order valence-corrected chi connectivity index (χ0v) is 10.5. The van der Waals surface area contributed by atoms with Crippen LogP contribution in [0.5, 0.6) is 0 Å². The molecule has 0 radical (unpaired) electrons. The maximum absolute atomic E-state index is 12.0. The van der Waals surface area contributed by atoms with E-state index in [4.69, 9.17) is 4.74 Å². The Labute approximate surface area is 111 Å². The van der Waals surface area contributed by atoms with Crippen LogP contribution in [0.4, 0.5) is 5.82 Å². The van der Waals surface area contributed by atoms with Gasteiger partial charge in [-0.2, -0.15) is 0 Å². The van der Waals surface area contributed by atoms with E-state index >= 15 is 0 Å². The molecule has 0 saturated carbocycles. The van der Waals surface area contributed by atoms with Crippen molar-refractivity contribution in [2.24, 2.45) is 0 Å². The number of ether oxygens (including phenoxy) is 1. The Kier molecular flexibility index (Phi) is 4.47. The van der Waals surface area contributed by atoms with E-state index in [1.807, 2.05) is 36.4 Å². The summed E-state index contributed by atoms with van der Waals surface area (Å²) in [5, 5.41) is 0. The van der Waals surface area contributed by atoms with Crippen molar-refractivity contribution in [2.75, 3.05) is 12.5 Å². The number of carbonyl (C=O) groups excluding carboxylic acids is 1. The van der Waals surface area contributed by atoms with Gasteiger partial charge in [-0.05, 0) is 17.7 Å². The summed E-state index contributed by atoms with van der Waals surface area (Å²) in [6.45, 7) is 0. The highest BCUT2D eigenvalue weighted by atomic mass is 16.5. The first-order chi connectivity index (χ1) is 9.31. The highest BCUT2D eigenvalue weighted by Gasteiger charge is 2.19. The molecule has 1 aromatic heterocycles. The van der Waals surface area contributed by atoms with Crippen LogP contribution >= 0.6 is 0 Å². The Bertz CT molecular complexity index is 517. The van der Waals surface area contributed by atoms with Crippen LogP contribution < -0.4 is 10.9 Å². The lowest BCUT2D eigenvalue weighted by Gasteiger charge is -2.16. The van der Waals surface area contributed by atoms with Gasteiger partial charge in [0.2, 0.25) is 0 Å². The van der Waals surface area contributed by atoms with Crippen LogP contribution in [0.3, 0.4) is 0 Å². The monoisotopic (exact) mass is 257 g/mol. The van der Waals surface area contributed by atoms with Crippen molar-refractivity contribution in [3.63, 3.8) is 0 Å². The molecule has 1 unspecified atom stereocenters. The van der Waals surface area contributed by atoms with Crippen LogP contribution in [0.15, 0.2) is 54.7 Å². The minimum atomic E-state index is -0.655. The number of nitrogens with zero attached hydrogens (tertiary/aromatic N) is 1. The minimum Gasteiger partial charge on any atom is -0.367 e. The minimum absolute atomic E-state index is 0.278. The van der Waals surface area contributed by atoms with E-state index in [9.17, 15) is 4.79 Å². The molecular formula is C14H15N3O2. The van der Waals surface area contributed by atoms with Crippen LogP contribution in [0, 0.1) is 0 Å². The van der Waals surface area contributed by atoms with Gasteiger partial charge in [0.1, 0.15) is 5.82 Å². The molecule has 1 atom stereocenters. The topological polar surface area (TPSA) is 63.2 Å².